The maximum absolute atomic E-state index is 6.03. The second-order valence-corrected chi connectivity index (χ2v) is 5.78. The minimum atomic E-state index is 0.289. The topological polar surface area (TPSA) is 12.5 Å². The van der Waals surface area contributed by atoms with Gasteiger partial charge in [-0.1, -0.05) is 31.0 Å². The Morgan fingerprint density at radius 3 is 2.95 bits per heavy atom. The summed E-state index contributed by atoms with van der Waals surface area (Å²) in [6.07, 6.45) is 3.78. The highest BCUT2D eigenvalue weighted by Crippen LogP contribution is 2.29. The predicted molar refractivity (Wildman–Crippen MR) is 81.4 cm³/mol. The van der Waals surface area contributed by atoms with Crippen molar-refractivity contribution in [3.8, 4) is 5.75 Å². The molecule has 106 valence electrons. The number of fused-ring (bicyclic) bond motifs is 1. The minimum Gasteiger partial charge on any atom is -0.488 e. The SMILES string of the molecule is CCCCN(CCCl)CC1Cc2cc(C)ccc2O1. The van der Waals surface area contributed by atoms with Gasteiger partial charge >= 0.3 is 0 Å². The van der Waals surface area contributed by atoms with Gasteiger partial charge in [0.15, 0.2) is 0 Å². The zero-order valence-electron chi connectivity index (χ0n) is 12.0. The minimum absolute atomic E-state index is 0.289. The molecule has 1 aliphatic heterocycles. The third kappa shape index (κ3) is 4.12. The van der Waals surface area contributed by atoms with Crippen LogP contribution in [0.1, 0.15) is 30.9 Å². The van der Waals surface area contributed by atoms with E-state index in [1.807, 2.05) is 0 Å². The van der Waals surface area contributed by atoms with Gasteiger partial charge < -0.3 is 4.74 Å². The largest absolute Gasteiger partial charge is 0.488 e. The van der Waals surface area contributed by atoms with Crippen LogP contribution < -0.4 is 4.74 Å². The number of rotatable bonds is 7. The number of unbranched alkanes of at least 4 members (excludes halogenated alkanes) is 1. The Balaban J connectivity index is 1.90. The van der Waals surface area contributed by atoms with Crippen molar-refractivity contribution >= 4 is 11.6 Å². The lowest BCUT2D eigenvalue weighted by molar-refractivity contribution is 0.154. The molecule has 0 saturated heterocycles. The molecule has 0 amide bonds. The molecule has 2 rings (SSSR count). The molecular weight excluding hydrogens is 258 g/mol. The number of alkyl halides is 1. The van der Waals surface area contributed by atoms with Crippen molar-refractivity contribution in [2.45, 2.75) is 39.2 Å². The monoisotopic (exact) mass is 281 g/mol. The predicted octanol–water partition coefficient (Wildman–Crippen LogP) is 3.64. The highest BCUT2D eigenvalue weighted by Gasteiger charge is 2.24. The summed E-state index contributed by atoms with van der Waals surface area (Å²) in [5.74, 6) is 1.76. The number of aryl methyl sites for hydroxylation is 1. The highest BCUT2D eigenvalue weighted by atomic mass is 35.5. The van der Waals surface area contributed by atoms with Crippen LogP contribution in [0.3, 0.4) is 0 Å². The van der Waals surface area contributed by atoms with Crippen molar-refractivity contribution in [1.82, 2.24) is 4.90 Å². The van der Waals surface area contributed by atoms with E-state index in [0.29, 0.717) is 5.88 Å². The molecular formula is C16H24ClNO. The maximum atomic E-state index is 6.03. The first-order valence-corrected chi connectivity index (χ1v) is 7.81. The summed E-state index contributed by atoms with van der Waals surface area (Å²) in [6.45, 7) is 7.42. The molecule has 1 heterocycles. The Hall–Kier alpha value is -0.730. The molecule has 1 unspecified atom stereocenters. The van der Waals surface area contributed by atoms with Crippen LogP contribution in [0.5, 0.6) is 5.75 Å². The van der Waals surface area contributed by atoms with Crippen LogP contribution in [0.25, 0.3) is 0 Å². The fourth-order valence-electron chi connectivity index (χ4n) is 2.63. The summed E-state index contributed by atoms with van der Waals surface area (Å²) < 4.78 is 6.03. The van der Waals surface area contributed by atoms with Gasteiger partial charge in [-0.2, -0.15) is 0 Å². The van der Waals surface area contributed by atoms with Gasteiger partial charge in [0.2, 0.25) is 0 Å². The second-order valence-electron chi connectivity index (χ2n) is 5.40. The van der Waals surface area contributed by atoms with Crippen LogP contribution in [-0.2, 0) is 6.42 Å². The number of hydrogen-bond acceptors (Lipinski definition) is 2. The van der Waals surface area contributed by atoms with Gasteiger partial charge in [0, 0.05) is 25.4 Å². The maximum Gasteiger partial charge on any atom is 0.123 e. The van der Waals surface area contributed by atoms with Crippen molar-refractivity contribution < 1.29 is 4.74 Å². The lowest BCUT2D eigenvalue weighted by Gasteiger charge is -2.24. The Labute approximate surface area is 121 Å². The molecule has 19 heavy (non-hydrogen) atoms. The number of benzene rings is 1. The quantitative estimate of drug-likeness (QED) is 0.708. The molecule has 0 N–H and O–H groups in total. The Morgan fingerprint density at radius 1 is 1.37 bits per heavy atom. The van der Waals surface area contributed by atoms with E-state index in [-0.39, 0.29) is 6.10 Å². The fraction of sp³-hybridized carbons (Fsp3) is 0.625. The zero-order chi connectivity index (χ0) is 13.7. The van der Waals surface area contributed by atoms with Gasteiger partial charge in [0.05, 0.1) is 0 Å². The van der Waals surface area contributed by atoms with Crippen LogP contribution in [0, 0.1) is 6.92 Å². The van der Waals surface area contributed by atoms with Crippen molar-refractivity contribution in [2.75, 3.05) is 25.5 Å². The van der Waals surface area contributed by atoms with Gasteiger partial charge in [0.25, 0.3) is 0 Å². The summed E-state index contributed by atoms with van der Waals surface area (Å²) in [7, 11) is 0. The van der Waals surface area contributed by atoms with Crippen LogP contribution in [0.15, 0.2) is 18.2 Å². The summed E-state index contributed by atoms with van der Waals surface area (Å²) in [6, 6.07) is 6.46. The van der Waals surface area contributed by atoms with E-state index >= 15 is 0 Å². The normalized spacial score (nSPS) is 17.6. The smallest absolute Gasteiger partial charge is 0.123 e. The Kier molecular flexibility index (Phi) is 5.53. The molecule has 0 aromatic heterocycles. The molecule has 0 fully saturated rings. The molecule has 0 radical (unpaired) electrons. The fourth-order valence-corrected chi connectivity index (χ4v) is 2.87. The summed E-state index contributed by atoms with van der Waals surface area (Å²) in [5.41, 5.74) is 2.66. The third-order valence-electron chi connectivity index (χ3n) is 3.65. The van der Waals surface area contributed by atoms with Crippen LogP contribution in [0.2, 0.25) is 0 Å². The zero-order valence-corrected chi connectivity index (χ0v) is 12.7. The van der Waals surface area contributed by atoms with Crippen molar-refractivity contribution in [3.63, 3.8) is 0 Å². The summed E-state index contributed by atoms with van der Waals surface area (Å²) >= 11 is 5.89. The van der Waals surface area contributed by atoms with Gasteiger partial charge in [0.1, 0.15) is 11.9 Å². The van der Waals surface area contributed by atoms with Crippen LogP contribution in [-0.4, -0.2) is 36.5 Å². The van der Waals surface area contributed by atoms with Gasteiger partial charge in [-0.25, -0.2) is 0 Å². The summed E-state index contributed by atoms with van der Waals surface area (Å²) in [5, 5.41) is 0. The lowest BCUT2D eigenvalue weighted by atomic mass is 10.1. The molecule has 0 saturated carbocycles. The first-order chi connectivity index (χ1) is 9.22. The van der Waals surface area contributed by atoms with Crippen molar-refractivity contribution in [3.05, 3.63) is 29.3 Å². The van der Waals surface area contributed by atoms with E-state index in [0.717, 1.165) is 31.8 Å². The molecule has 0 aliphatic carbocycles. The third-order valence-corrected chi connectivity index (χ3v) is 3.82. The lowest BCUT2D eigenvalue weighted by Crippen LogP contribution is -2.36. The first-order valence-electron chi connectivity index (χ1n) is 7.27. The Bertz CT molecular complexity index is 408. The number of halogens is 1. The van der Waals surface area contributed by atoms with Crippen LogP contribution >= 0.6 is 11.6 Å². The average molecular weight is 282 g/mol. The van der Waals surface area contributed by atoms with E-state index in [1.165, 1.54) is 24.0 Å². The number of ether oxygens (including phenoxy) is 1. The highest BCUT2D eigenvalue weighted by molar-refractivity contribution is 6.18. The second kappa shape index (κ2) is 7.16. The molecule has 1 atom stereocenters. The number of nitrogens with zero attached hydrogens (tertiary/aromatic N) is 1. The first kappa shape index (κ1) is 14.7. The molecule has 1 aromatic carbocycles. The van der Waals surface area contributed by atoms with E-state index in [2.05, 4.69) is 36.9 Å². The average Bonchev–Trinajstić information content (AvgIpc) is 2.77. The van der Waals surface area contributed by atoms with Gasteiger partial charge in [-0.15, -0.1) is 11.6 Å². The van der Waals surface area contributed by atoms with E-state index in [9.17, 15) is 0 Å². The molecule has 3 heteroatoms. The molecule has 2 nitrogen and oxygen atoms in total. The Morgan fingerprint density at radius 2 is 2.21 bits per heavy atom. The van der Waals surface area contributed by atoms with Gasteiger partial charge in [-0.3, -0.25) is 4.90 Å². The molecule has 1 aromatic rings. The standard InChI is InChI=1S/C16H24ClNO/c1-3-4-8-18(9-7-17)12-15-11-14-10-13(2)5-6-16(14)19-15/h5-6,10,15H,3-4,7-9,11-12H2,1-2H3. The van der Waals surface area contributed by atoms with E-state index < -0.39 is 0 Å². The molecule has 1 aliphatic rings. The number of hydrogen-bond donors (Lipinski definition) is 0. The van der Waals surface area contributed by atoms with Gasteiger partial charge in [-0.05, 0) is 31.5 Å². The van der Waals surface area contributed by atoms with Crippen LogP contribution in [0.4, 0.5) is 0 Å². The molecule has 0 bridgehead atoms. The van der Waals surface area contributed by atoms with Crippen molar-refractivity contribution in [2.24, 2.45) is 0 Å². The van der Waals surface area contributed by atoms with Crippen molar-refractivity contribution in [1.29, 1.82) is 0 Å². The van der Waals surface area contributed by atoms with E-state index in [1.54, 1.807) is 0 Å². The molecule has 0 spiro atoms. The summed E-state index contributed by atoms with van der Waals surface area (Å²) in [4.78, 5) is 2.43. The van der Waals surface area contributed by atoms with E-state index in [4.69, 9.17) is 16.3 Å².